The second kappa shape index (κ2) is 4.24. The first kappa shape index (κ1) is 11.7. The van der Waals surface area contributed by atoms with E-state index in [1.807, 2.05) is 32.0 Å². The van der Waals surface area contributed by atoms with Gasteiger partial charge < -0.3 is 0 Å². The SMILES string of the molecule is Cc1ccc(-n2[nH]cc(C(C)C)c2=O)cc1C. The molecule has 1 aromatic heterocycles. The van der Waals surface area contributed by atoms with Crippen molar-refractivity contribution in [3.8, 4) is 5.69 Å². The van der Waals surface area contributed by atoms with Crippen molar-refractivity contribution in [3.63, 3.8) is 0 Å². The van der Waals surface area contributed by atoms with Gasteiger partial charge in [-0.05, 0) is 43.0 Å². The third-order valence-corrected chi connectivity index (χ3v) is 3.17. The average molecular weight is 230 g/mol. The summed E-state index contributed by atoms with van der Waals surface area (Å²) in [4.78, 5) is 12.1. The summed E-state index contributed by atoms with van der Waals surface area (Å²) < 4.78 is 1.60. The van der Waals surface area contributed by atoms with Crippen molar-refractivity contribution in [1.29, 1.82) is 0 Å². The van der Waals surface area contributed by atoms with Gasteiger partial charge in [-0.2, -0.15) is 0 Å². The maximum Gasteiger partial charge on any atom is 0.274 e. The van der Waals surface area contributed by atoms with E-state index in [2.05, 4.69) is 18.9 Å². The number of H-pyrrole nitrogens is 1. The summed E-state index contributed by atoms with van der Waals surface area (Å²) in [5.74, 6) is 0.242. The van der Waals surface area contributed by atoms with E-state index in [0.717, 1.165) is 11.3 Å². The summed E-state index contributed by atoms with van der Waals surface area (Å²) in [7, 11) is 0. The highest BCUT2D eigenvalue weighted by Crippen LogP contribution is 2.14. The standard InChI is InChI=1S/C14H18N2O/c1-9(2)13-8-15-16(14(13)17)12-6-5-10(3)11(4)7-12/h5-9,15H,1-4H3. The first-order valence-electron chi connectivity index (χ1n) is 5.88. The Morgan fingerprint density at radius 1 is 1.18 bits per heavy atom. The molecule has 3 nitrogen and oxygen atoms in total. The molecular weight excluding hydrogens is 212 g/mol. The lowest BCUT2D eigenvalue weighted by atomic mass is 10.1. The van der Waals surface area contributed by atoms with E-state index in [1.54, 1.807) is 10.9 Å². The number of benzene rings is 1. The predicted octanol–water partition coefficient (Wildman–Crippen LogP) is 2.91. The molecule has 0 atom stereocenters. The number of hydrogen-bond donors (Lipinski definition) is 1. The lowest BCUT2D eigenvalue weighted by Gasteiger charge is -2.05. The fourth-order valence-electron chi connectivity index (χ4n) is 1.85. The van der Waals surface area contributed by atoms with Crippen LogP contribution in [0, 0.1) is 13.8 Å². The molecule has 0 fully saturated rings. The second-order valence-corrected chi connectivity index (χ2v) is 4.79. The minimum absolute atomic E-state index is 0.0447. The van der Waals surface area contributed by atoms with Crippen LogP contribution in [-0.2, 0) is 0 Å². The number of aromatic nitrogens is 2. The van der Waals surface area contributed by atoms with E-state index in [1.165, 1.54) is 11.1 Å². The molecule has 17 heavy (non-hydrogen) atoms. The van der Waals surface area contributed by atoms with Gasteiger partial charge in [-0.1, -0.05) is 19.9 Å². The van der Waals surface area contributed by atoms with Crippen LogP contribution < -0.4 is 5.56 Å². The maximum absolute atomic E-state index is 12.1. The molecule has 0 unspecified atom stereocenters. The number of rotatable bonds is 2. The van der Waals surface area contributed by atoms with Crippen molar-refractivity contribution in [2.75, 3.05) is 0 Å². The summed E-state index contributed by atoms with van der Waals surface area (Å²) >= 11 is 0. The molecule has 0 saturated carbocycles. The van der Waals surface area contributed by atoms with Gasteiger partial charge in [-0.15, -0.1) is 0 Å². The molecule has 90 valence electrons. The van der Waals surface area contributed by atoms with Crippen LogP contribution in [0.4, 0.5) is 0 Å². The molecule has 0 radical (unpaired) electrons. The average Bonchev–Trinajstić information content (AvgIpc) is 2.64. The van der Waals surface area contributed by atoms with Crippen LogP contribution in [0.15, 0.2) is 29.2 Å². The molecule has 0 bridgehead atoms. The topological polar surface area (TPSA) is 37.8 Å². The van der Waals surface area contributed by atoms with Crippen molar-refractivity contribution >= 4 is 0 Å². The smallest absolute Gasteiger partial charge is 0.274 e. The van der Waals surface area contributed by atoms with Gasteiger partial charge in [0.2, 0.25) is 0 Å². The number of hydrogen-bond acceptors (Lipinski definition) is 1. The fourth-order valence-corrected chi connectivity index (χ4v) is 1.85. The van der Waals surface area contributed by atoms with Crippen LogP contribution >= 0.6 is 0 Å². The molecule has 0 amide bonds. The largest absolute Gasteiger partial charge is 0.298 e. The molecule has 3 heteroatoms. The molecule has 0 spiro atoms. The van der Waals surface area contributed by atoms with E-state index in [9.17, 15) is 4.79 Å². The number of aromatic amines is 1. The van der Waals surface area contributed by atoms with E-state index in [-0.39, 0.29) is 11.5 Å². The van der Waals surface area contributed by atoms with Gasteiger partial charge in [-0.3, -0.25) is 9.89 Å². The Kier molecular flexibility index (Phi) is 2.92. The normalized spacial score (nSPS) is 11.1. The summed E-state index contributed by atoms with van der Waals surface area (Å²) in [5.41, 5.74) is 4.18. The quantitative estimate of drug-likeness (QED) is 0.846. The Morgan fingerprint density at radius 3 is 2.41 bits per heavy atom. The minimum atomic E-state index is 0.0447. The van der Waals surface area contributed by atoms with Crippen molar-refractivity contribution in [3.05, 3.63) is 51.4 Å². The lowest BCUT2D eigenvalue weighted by Crippen LogP contribution is -2.18. The van der Waals surface area contributed by atoms with E-state index in [0.29, 0.717) is 0 Å². The van der Waals surface area contributed by atoms with Crippen LogP contribution in [0.3, 0.4) is 0 Å². The monoisotopic (exact) mass is 230 g/mol. The Hall–Kier alpha value is -1.77. The van der Waals surface area contributed by atoms with Crippen LogP contribution in [-0.4, -0.2) is 9.78 Å². The van der Waals surface area contributed by atoms with Crippen LogP contribution in [0.2, 0.25) is 0 Å². The number of nitrogens with one attached hydrogen (secondary N) is 1. The molecule has 0 aliphatic rings. The van der Waals surface area contributed by atoms with Gasteiger partial charge >= 0.3 is 0 Å². The molecule has 2 rings (SSSR count). The highest BCUT2D eigenvalue weighted by Gasteiger charge is 2.10. The lowest BCUT2D eigenvalue weighted by molar-refractivity contribution is 0.824. The van der Waals surface area contributed by atoms with Crippen molar-refractivity contribution < 1.29 is 0 Å². The predicted molar refractivity (Wildman–Crippen MR) is 70.0 cm³/mol. The second-order valence-electron chi connectivity index (χ2n) is 4.79. The Labute approximate surface area is 101 Å². The van der Waals surface area contributed by atoms with Gasteiger partial charge in [0, 0.05) is 11.8 Å². The van der Waals surface area contributed by atoms with Gasteiger partial charge in [0.1, 0.15) is 0 Å². The zero-order valence-electron chi connectivity index (χ0n) is 10.7. The molecule has 1 heterocycles. The molecule has 1 N–H and O–H groups in total. The Bertz CT molecular complexity index is 591. The molecular formula is C14H18N2O. The molecule has 0 saturated heterocycles. The van der Waals surface area contributed by atoms with Crippen LogP contribution in [0.25, 0.3) is 5.69 Å². The highest BCUT2D eigenvalue weighted by molar-refractivity contribution is 5.39. The van der Waals surface area contributed by atoms with Gasteiger partial charge in [-0.25, -0.2) is 4.68 Å². The van der Waals surface area contributed by atoms with Gasteiger partial charge in [0.05, 0.1) is 5.69 Å². The van der Waals surface area contributed by atoms with Crippen molar-refractivity contribution in [2.45, 2.75) is 33.6 Å². The van der Waals surface area contributed by atoms with Crippen molar-refractivity contribution in [2.24, 2.45) is 0 Å². The van der Waals surface area contributed by atoms with E-state index in [4.69, 9.17) is 0 Å². The zero-order chi connectivity index (χ0) is 12.6. The third kappa shape index (κ3) is 2.05. The highest BCUT2D eigenvalue weighted by atomic mass is 16.1. The summed E-state index contributed by atoms with van der Waals surface area (Å²) in [6.07, 6.45) is 1.79. The third-order valence-electron chi connectivity index (χ3n) is 3.17. The van der Waals surface area contributed by atoms with Crippen LogP contribution in [0.1, 0.15) is 36.5 Å². The minimum Gasteiger partial charge on any atom is -0.298 e. The summed E-state index contributed by atoms with van der Waals surface area (Å²) in [6.45, 7) is 8.16. The molecule has 2 aromatic rings. The molecule has 0 aliphatic heterocycles. The van der Waals surface area contributed by atoms with Gasteiger partial charge in [0.25, 0.3) is 5.56 Å². The van der Waals surface area contributed by atoms with E-state index >= 15 is 0 Å². The van der Waals surface area contributed by atoms with E-state index < -0.39 is 0 Å². The number of aryl methyl sites for hydroxylation is 2. The fraction of sp³-hybridized carbons (Fsp3) is 0.357. The maximum atomic E-state index is 12.1. The summed E-state index contributed by atoms with van der Waals surface area (Å²) in [5, 5.41) is 3.02. The van der Waals surface area contributed by atoms with Gasteiger partial charge in [0.15, 0.2) is 0 Å². The van der Waals surface area contributed by atoms with Crippen molar-refractivity contribution in [1.82, 2.24) is 9.78 Å². The number of nitrogens with zero attached hydrogens (tertiary/aromatic N) is 1. The Morgan fingerprint density at radius 2 is 1.88 bits per heavy atom. The molecule has 1 aromatic carbocycles. The summed E-state index contributed by atoms with van der Waals surface area (Å²) in [6, 6.07) is 6.02. The first-order chi connectivity index (χ1) is 8.00. The van der Waals surface area contributed by atoms with Crippen LogP contribution in [0.5, 0.6) is 0 Å². The molecule has 0 aliphatic carbocycles. The Balaban J connectivity index is 2.54. The zero-order valence-corrected chi connectivity index (χ0v) is 10.7. The first-order valence-corrected chi connectivity index (χ1v) is 5.88.